The predicted octanol–water partition coefficient (Wildman–Crippen LogP) is 3.17. The van der Waals surface area contributed by atoms with E-state index in [9.17, 15) is 19.5 Å². The second-order valence-corrected chi connectivity index (χ2v) is 9.09. The molecule has 0 aliphatic carbocycles. The molecular weight excluding hydrogens is 434 g/mol. The highest BCUT2D eigenvalue weighted by atomic mass is 32.1. The summed E-state index contributed by atoms with van der Waals surface area (Å²) in [5.74, 6) is -4.37. The molecule has 0 bridgehead atoms. The fourth-order valence-corrected chi connectivity index (χ4v) is 4.55. The number of hydrogen-bond acceptors (Lipinski definition) is 9. The Balaban J connectivity index is 2.11. The first kappa shape index (κ1) is 26.2. The molecule has 1 aliphatic heterocycles. The molecule has 0 radical (unpaired) electrons. The summed E-state index contributed by atoms with van der Waals surface area (Å²) in [7, 11) is 0. The average Bonchev–Trinajstić information content (AvgIpc) is 3.22. The van der Waals surface area contributed by atoms with Crippen molar-refractivity contribution in [1.29, 1.82) is 0 Å². The number of carbonyl (C=O) groups excluding carboxylic acids is 3. The molecule has 0 amide bonds. The van der Waals surface area contributed by atoms with Gasteiger partial charge in [0.15, 0.2) is 0 Å². The number of thiophene rings is 1. The maximum atomic E-state index is 13.3. The quantitative estimate of drug-likeness (QED) is 0.216. The van der Waals surface area contributed by atoms with Crippen LogP contribution in [0.15, 0.2) is 24.3 Å². The molecular formula is C23H33NO7S. The third kappa shape index (κ3) is 7.23. The molecule has 2 rings (SSSR count). The number of unbranched alkanes of at least 4 members (excludes halogenated alkanes) is 7. The van der Waals surface area contributed by atoms with Crippen LogP contribution in [0.3, 0.4) is 0 Å². The summed E-state index contributed by atoms with van der Waals surface area (Å²) in [4.78, 5) is 38.0. The van der Waals surface area contributed by atoms with Crippen molar-refractivity contribution in [2.24, 2.45) is 5.73 Å². The monoisotopic (exact) mass is 467 g/mol. The van der Waals surface area contributed by atoms with Crippen molar-refractivity contribution in [3.05, 3.63) is 34.0 Å². The molecule has 178 valence electrons. The predicted molar refractivity (Wildman–Crippen MR) is 120 cm³/mol. The van der Waals surface area contributed by atoms with E-state index >= 15 is 0 Å². The second kappa shape index (κ2) is 12.8. The lowest BCUT2D eigenvalue weighted by molar-refractivity contribution is -0.203. The average molecular weight is 468 g/mol. The van der Waals surface area contributed by atoms with E-state index in [0.29, 0.717) is 11.3 Å². The summed E-state index contributed by atoms with van der Waals surface area (Å²) in [5.41, 5.74) is 5.67. The molecule has 2 atom stereocenters. The van der Waals surface area contributed by atoms with Gasteiger partial charge in [0.25, 0.3) is 5.78 Å². The molecule has 1 aromatic rings. The topological polar surface area (TPSA) is 136 Å². The van der Waals surface area contributed by atoms with Crippen LogP contribution in [0.1, 0.15) is 85.4 Å². The minimum Gasteiger partial charge on any atom is -0.411 e. The Morgan fingerprint density at radius 1 is 1.03 bits per heavy atom. The van der Waals surface area contributed by atoms with Crippen molar-refractivity contribution in [3.63, 3.8) is 0 Å². The zero-order valence-corrected chi connectivity index (χ0v) is 19.3. The van der Waals surface area contributed by atoms with Gasteiger partial charge >= 0.3 is 17.7 Å². The van der Waals surface area contributed by atoms with Crippen LogP contribution in [0.4, 0.5) is 0 Å². The van der Waals surface area contributed by atoms with Crippen LogP contribution in [0.5, 0.6) is 0 Å². The lowest BCUT2D eigenvalue weighted by Crippen LogP contribution is -2.46. The van der Waals surface area contributed by atoms with Gasteiger partial charge in [0.05, 0.1) is 17.5 Å². The van der Waals surface area contributed by atoms with Gasteiger partial charge in [-0.15, -0.1) is 11.3 Å². The fraction of sp³-hybridized carbons (Fsp3) is 0.609. The highest BCUT2D eigenvalue weighted by Crippen LogP contribution is 2.33. The molecule has 0 spiro atoms. The molecule has 0 fully saturated rings. The lowest BCUT2D eigenvalue weighted by Gasteiger charge is -2.29. The van der Waals surface area contributed by atoms with Crippen molar-refractivity contribution in [3.8, 4) is 0 Å². The van der Waals surface area contributed by atoms with Crippen LogP contribution in [0.25, 0.3) is 0 Å². The number of aliphatic hydroxyl groups is 2. The number of nitrogens with two attached hydrogens (primary N) is 1. The zero-order valence-electron chi connectivity index (χ0n) is 18.5. The number of Topliss-reactive ketones (excluding diaryl/α,β-unsaturated/α-hetero) is 1. The summed E-state index contributed by atoms with van der Waals surface area (Å²) in [6.07, 6.45) is 8.93. The van der Waals surface area contributed by atoms with Crippen molar-refractivity contribution in [2.75, 3.05) is 6.61 Å². The van der Waals surface area contributed by atoms with Gasteiger partial charge in [-0.3, -0.25) is 4.79 Å². The van der Waals surface area contributed by atoms with Gasteiger partial charge in [-0.05, 0) is 18.6 Å². The van der Waals surface area contributed by atoms with Gasteiger partial charge < -0.3 is 25.4 Å². The van der Waals surface area contributed by atoms with Crippen LogP contribution in [-0.2, 0) is 19.1 Å². The number of carbonyl (C=O) groups is 3. The van der Waals surface area contributed by atoms with Gasteiger partial charge in [0, 0.05) is 23.5 Å². The van der Waals surface area contributed by atoms with Crippen LogP contribution < -0.4 is 5.73 Å². The highest BCUT2D eigenvalue weighted by molar-refractivity contribution is 7.14. The van der Waals surface area contributed by atoms with Gasteiger partial charge in [-0.25, -0.2) is 9.59 Å². The summed E-state index contributed by atoms with van der Waals surface area (Å²) in [6, 6.07) is 2.08. The largest absolute Gasteiger partial charge is 0.411 e. The molecule has 0 saturated heterocycles. The van der Waals surface area contributed by atoms with Gasteiger partial charge in [-0.2, -0.15) is 0 Å². The first-order valence-electron chi connectivity index (χ1n) is 11.2. The Bertz CT molecular complexity index is 784. The van der Waals surface area contributed by atoms with E-state index in [4.69, 9.17) is 20.3 Å². The van der Waals surface area contributed by atoms with E-state index in [1.807, 2.05) is 0 Å². The zero-order chi connectivity index (χ0) is 23.6. The second-order valence-electron chi connectivity index (χ2n) is 7.98. The first-order valence-corrected chi connectivity index (χ1v) is 12.0. The molecule has 1 aliphatic rings. The van der Waals surface area contributed by atoms with Gasteiger partial charge in [0.1, 0.15) is 6.10 Å². The molecule has 0 aromatic carbocycles. The van der Waals surface area contributed by atoms with Crippen LogP contribution in [-0.4, -0.2) is 46.4 Å². The van der Waals surface area contributed by atoms with Gasteiger partial charge in [0.2, 0.25) is 0 Å². The summed E-state index contributed by atoms with van der Waals surface area (Å²) in [6.45, 7) is 1.74. The third-order valence-corrected chi connectivity index (χ3v) is 6.50. The maximum absolute atomic E-state index is 13.3. The SMILES string of the molecule is CCCCCCCCCCC1(C(=O)c2ccc(C(O)C(N)CO)s2)OC(=O)C=CC(=O)O1. The Morgan fingerprint density at radius 2 is 1.59 bits per heavy atom. The van der Waals surface area contributed by atoms with Gasteiger partial charge in [-0.1, -0.05) is 51.9 Å². The number of aliphatic hydroxyl groups excluding tert-OH is 2. The fourth-order valence-electron chi connectivity index (χ4n) is 3.48. The minimum absolute atomic E-state index is 0.0475. The highest BCUT2D eigenvalue weighted by Gasteiger charge is 2.47. The van der Waals surface area contributed by atoms with Crippen molar-refractivity contribution < 1.29 is 34.1 Å². The van der Waals surface area contributed by atoms with Crippen LogP contribution >= 0.6 is 11.3 Å². The number of rotatable bonds is 14. The number of esters is 2. The Kier molecular flexibility index (Phi) is 10.5. The van der Waals surface area contributed by atoms with Crippen molar-refractivity contribution in [2.45, 2.75) is 82.6 Å². The van der Waals surface area contributed by atoms with Crippen molar-refractivity contribution in [1.82, 2.24) is 0 Å². The third-order valence-electron chi connectivity index (χ3n) is 5.35. The molecule has 1 aromatic heterocycles. The summed E-state index contributed by atoms with van der Waals surface area (Å²) in [5, 5.41) is 19.3. The van der Waals surface area contributed by atoms with E-state index in [1.165, 1.54) is 31.4 Å². The molecule has 32 heavy (non-hydrogen) atoms. The minimum atomic E-state index is -2.05. The molecule has 2 unspecified atom stereocenters. The Labute approximate surface area is 192 Å². The van der Waals surface area contributed by atoms with E-state index in [-0.39, 0.29) is 11.3 Å². The molecule has 2 heterocycles. The molecule has 8 nitrogen and oxygen atoms in total. The Morgan fingerprint density at radius 3 is 2.16 bits per heavy atom. The van der Waals surface area contributed by atoms with E-state index in [1.54, 1.807) is 0 Å². The normalized spacial score (nSPS) is 17.4. The number of cyclic esters (lactones) is 2. The molecule has 9 heteroatoms. The number of ether oxygens (including phenoxy) is 2. The van der Waals surface area contributed by atoms with E-state index in [2.05, 4.69) is 6.92 Å². The first-order chi connectivity index (χ1) is 15.3. The number of hydrogen-bond donors (Lipinski definition) is 3. The smallest absolute Gasteiger partial charge is 0.334 e. The standard InChI is InChI=1S/C23H33NO7S/c1-2-3-4-5-6-7-8-9-14-23(30-19(26)12-13-20(27)31-23)22(29)18-11-10-17(32-18)21(28)16(24)15-25/h10-13,16,21,25,28H,2-9,14-15,24H2,1H3. The summed E-state index contributed by atoms with van der Waals surface area (Å²) < 4.78 is 10.7. The molecule has 0 saturated carbocycles. The summed E-state index contributed by atoms with van der Waals surface area (Å²) >= 11 is 0.955. The van der Waals surface area contributed by atoms with E-state index < -0.39 is 42.3 Å². The molecule has 4 N–H and O–H groups in total. The van der Waals surface area contributed by atoms with Crippen LogP contribution in [0, 0.1) is 0 Å². The van der Waals surface area contributed by atoms with Crippen molar-refractivity contribution >= 4 is 29.1 Å². The lowest BCUT2D eigenvalue weighted by atomic mass is 10.00. The number of ketones is 1. The maximum Gasteiger partial charge on any atom is 0.334 e. The van der Waals surface area contributed by atoms with Crippen LogP contribution in [0.2, 0.25) is 0 Å². The van der Waals surface area contributed by atoms with E-state index in [0.717, 1.165) is 49.2 Å². The Hall–Kier alpha value is -2.07.